The van der Waals surface area contributed by atoms with E-state index in [0.717, 1.165) is 72.4 Å². The SMILES string of the molecule is [2H]c1c([2H])c(N(c2ccccc2)c2cccc(-c3ccccc3)c2)c([2H])c([2H])c1-c1ccc2cc(N(c3ccccc3)c3ccc4c(c3)c3ccccc3n4-c3ccccc3)ccc2c1. The van der Waals surface area contributed by atoms with Gasteiger partial charge in [-0.15, -0.1) is 0 Å². The molecule has 0 aliphatic heterocycles. The van der Waals surface area contributed by atoms with Gasteiger partial charge < -0.3 is 14.4 Å². The van der Waals surface area contributed by atoms with Crippen molar-refractivity contribution < 1.29 is 5.48 Å². The summed E-state index contributed by atoms with van der Waals surface area (Å²) >= 11 is 0. The second kappa shape index (κ2) is 15.6. The molecule has 0 saturated heterocycles. The third kappa shape index (κ3) is 6.78. The lowest BCUT2D eigenvalue weighted by atomic mass is 10.00. The molecule has 3 heteroatoms. The largest absolute Gasteiger partial charge is 0.310 e. The van der Waals surface area contributed by atoms with Crippen molar-refractivity contribution in [2.45, 2.75) is 0 Å². The molecular formula is C58H41N3. The Morgan fingerprint density at radius 1 is 0.295 bits per heavy atom. The van der Waals surface area contributed by atoms with E-state index in [4.69, 9.17) is 0 Å². The highest BCUT2D eigenvalue weighted by molar-refractivity contribution is 6.11. The molecule has 0 aliphatic carbocycles. The molecule has 11 aromatic rings. The van der Waals surface area contributed by atoms with E-state index in [2.05, 4.69) is 119 Å². The number of para-hydroxylation sites is 4. The second-order valence-corrected chi connectivity index (χ2v) is 15.1. The maximum absolute atomic E-state index is 9.47. The zero-order valence-electron chi connectivity index (χ0n) is 37.2. The van der Waals surface area contributed by atoms with Crippen molar-refractivity contribution in [3.05, 3.63) is 249 Å². The molecule has 0 unspecified atom stereocenters. The number of hydrogen-bond acceptors (Lipinski definition) is 2. The van der Waals surface area contributed by atoms with Crippen LogP contribution in [-0.4, -0.2) is 4.57 Å². The molecule has 0 amide bonds. The summed E-state index contributed by atoms with van der Waals surface area (Å²) < 4.78 is 40.1. The highest BCUT2D eigenvalue weighted by Crippen LogP contribution is 2.42. The summed E-state index contributed by atoms with van der Waals surface area (Å²) in [5, 5.41) is 4.24. The number of benzene rings is 10. The summed E-state index contributed by atoms with van der Waals surface area (Å²) in [4.78, 5) is 4.10. The highest BCUT2D eigenvalue weighted by atomic mass is 15.1. The Morgan fingerprint density at radius 3 is 1.54 bits per heavy atom. The number of hydrogen-bond donors (Lipinski definition) is 0. The molecule has 0 fully saturated rings. The Morgan fingerprint density at radius 2 is 0.803 bits per heavy atom. The lowest BCUT2D eigenvalue weighted by Crippen LogP contribution is -2.10. The summed E-state index contributed by atoms with van der Waals surface area (Å²) in [6.07, 6.45) is 0. The van der Waals surface area contributed by atoms with Gasteiger partial charge in [-0.3, -0.25) is 0 Å². The Bertz CT molecular complexity index is 3510. The summed E-state index contributed by atoms with van der Waals surface area (Å²) in [6, 6.07) is 75.6. The molecule has 0 bridgehead atoms. The summed E-state index contributed by atoms with van der Waals surface area (Å²) in [5.41, 5.74) is 11.0. The van der Waals surface area contributed by atoms with Gasteiger partial charge in [0.2, 0.25) is 0 Å². The molecule has 11 rings (SSSR count). The number of rotatable bonds is 9. The van der Waals surface area contributed by atoms with Gasteiger partial charge in [0.25, 0.3) is 0 Å². The smallest absolute Gasteiger partial charge is 0.0645 e. The first-order valence-electron chi connectivity index (χ1n) is 22.5. The van der Waals surface area contributed by atoms with E-state index >= 15 is 0 Å². The van der Waals surface area contributed by atoms with Gasteiger partial charge in [0.05, 0.1) is 16.5 Å². The molecule has 10 aromatic carbocycles. The molecule has 61 heavy (non-hydrogen) atoms. The maximum Gasteiger partial charge on any atom is 0.0645 e. The number of fused-ring (bicyclic) bond motifs is 4. The molecule has 0 saturated carbocycles. The van der Waals surface area contributed by atoms with Crippen molar-refractivity contribution in [2.24, 2.45) is 0 Å². The molecular weight excluding hydrogens is 739 g/mol. The minimum absolute atomic E-state index is 0.101. The van der Waals surface area contributed by atoms with E-state index < -0.39 is 0 Å². The van der Waals surface area contributed by atoms with E-state index in [1.807, 2.05) is 120 Å². The van der Waals surface area contributed by atoms with E-state index in [1.54, 1.807) is 0 Å². The van der Waals surface area contributed by atoms with E-state index in [-0.39, 0.29) is 35.4 Å². The van der Waals surface area contributed by atoms with Crippen molar-refractivity contribution in [1.82, 2.24) is 4.57 Å². The van der Waals surface area contributed by atoms with Crippen molar-refractivity contribution >= 4 is 66.7 Å². The average molecular weight is 784 g/mol. The fourth-order valence-electron chi connectivity index (χ4n) is 8.51. The Balaban J connectivity index is 0.997. The fraction of sp³-hybridized carbons (Fsp3) is 0. The van der Waals surface area contributed by atoms with Crippen LogP contribution in [0.15, 0.2) is 249 Å². The van der Waals surface area contributed by atoms with Gasteiger partial charge in [0.15, 0.2) is 0 Å². The van der Waals surface area contributed by atoms with Gasteiger partial charge in [-0.25, -0.2) is 0 Å². The van der Waals surface area contributed by atoms with Crippen LogP contribution in [0.1, 0.15) is 5.48 Å². The minimum atomic E-state index is -0.118. The van der Waals surface area contributed by atoms with Gasteiger partial charge in [-0.1, -0.05) is 146 Å². The van der Waals surface area contributed by atoms with E-state index in [1.165, 1.54) is 5.39 Å². The molecule has 1 aromatic heterocycles. The van der Waals surface area contributed by atoms with Crippen LogP contribution in [0, 0.1) is 0 Å². The first kappa shape index (κ1) is 31.8. The molecule has 1 heterocycles. The topological polar surface area (TPSA) is 11.4 Å². The van der Waals surface area contributed by atoms with Gasteiger partial charge >= 0.3 is 0 Å². The monoisotopic (exact) mass is 783 g/mol. The van der Waals surface area contributed by atoms with Gasteiger partial charge in [-0.2, -0.15) is 0 Å². The number of anilines is 6. The predicted octanol–water partition coefficient (Wildman–Crippen LogP) is 16.2. The van der Waals surface area contributed by atoms with Gasteiger partial charge in [-0.05, 0) is 136 Å². The predicted molar refractivity (Wildman–Crippen MR) is 259 cm³/mol. The summed E-state index contributed by atoms with van der Waals surface area (Å²) in [5.74, 6) is 0. The van der Waals surface area contributed by atoms with Crippen LogP contribution in [0.5, 0.6) is 0 Å². The van der Waals surface area contributed by atoms with Crippen molar-refractivity contribution in [1.29, 1.82) is 0 Å². The summed E-state index contributed by atoms with van der Waals surface area (Å²) in [6.45, 7) is 0. The molecule has 0 spiro atoms. The Hall–Kier alpha value is -8.14. The highest BCUT2D eigenvalue weighted by Gasteiger charge is 2.18. The first-order chi connectivity index (χ1) is 31.9. The third-order valence-electron chi connectivity index (χ3n) is 11.4. The molecule has 288 valence electrons. The van der Waals surface area contributed by atoms with Crippen LogP contribution >= 0.6 is 0 Å². The van der Waals surface area contributed by atoms with Crippen LogP contribution in [0.2, 0.25) is 0 Å². The first-order valence-corrected chi connectivity index (χ1v) is 20.5. The quantitative estimate of drug-likeness (QED) is 0.144. The molecule has 0 N–H and O–H groups in total. The zero-order valence-corrected chi connectivity index (χ0v) is 33.2. The molecule has 0 atom stereocenters. The van der Waals surface area contributed by atoms with Crippen LogP contribution in [0.25, 0.3) is 60.5 Å². The molecule has 3 nitrogen and oxygen atoms in total. The minimum Gasteiger partial charge on any atom is -0.310 e. The van der Waals surface area contributed by atoms with Crippen LogP contribution < -0.4 is 9.80 Å². The normalized spacial score (nSPS) is 12.2. The van der Waals surface area contributed by atoms with Crippen LogP contribution in [0.4, 0.5) is 34.1 Å². The fourth-order valence-corrected chi connectivity index (χ4v) is 8.51. The van der Waals surface area contributed by atoms with Gasteiger partial charge in [0.1, 0.15) is 0 Å². The standard InChI is InChI=1S/C58H41N3/c1-5-16-42(17-6-1)44-18-15-25-52(39-44)59(48-19-7-2-8-20-48)51-33-30-43(31-34-51)45-28-29-47-40-53(35-32-46(47)38-45)60(49-21-9-3-10-22-49)54-36-37-58-56(41-54)55-26-13-14-27-57(55)61(58)50-23-11-4-12-24-50/h1-41H/i30D,31D,33D,34D. The van der Waals surface area contributed by atoms with Gasteiger partial charge in [0, 0.05) is 50.6 Å². The van der Waals surface area contributed by atoms with Crippen molar-refractivity contribution in [2.75, 3.05) is 9.80 Å². The third-order valence-corrected chi connectivity index (χ3v) is 11.4. The summed E-state index contributed by atoms with van der Waals surface area (Å²) in [7, 11) is 0. The van der Waals surface area contributed by atoms with Crippen LogP contribution in [0.3, 0.4) is 0 Å². The Labute approximate surface area is 361 Å². The lowest BCUT2D eigenvalue weighted by Gasteiger charge is -2.26. The number of aromatic nitrogens is 1. The number of nitrogens with zero attached hydrogens (tertiary/aromatic N) is 3. The van der Waals surface area contributed by atoms with Crippen molar-refractivity contribution in [3.63, 3.8) is 0 Å². The van der Waals surface area contributed by atoms with E-state index in [0.29, 0.717) is 5.56 Å². The Kier molecular flexibility index (Phi) is 8.11. The lowest BCUT2D eigenvalue weighted by molar-refractivity contribution is 1.18. The average Bonchev–Trinajstić information content (AvgIpc) is 3.70. The van der Waals surface area contributed by atoms with E-state index in [9.17, 15) is 5.48 Å². The molecule has 0 aliphatic rings. The van der Waals surface area contributed by atoms with Crippen LogP contribution in [-0.2, 0) is 0 Å². The maximum atomic E-state index is 9.47. The zero-order chi connectivity index (χ0) is 44.0. The molecule has 0 radical (unpaired) electrons. The van der Waals surface area contributed by atoms with Crippen molar-refractivity contribution in [3.8, 4) is 27.9 Å². The second-order valence-electron chi connectivity index (χ2n) is 15.1.